The van der Waals surface area contributed by atoms with Crippen molar-refractivity contribution in [2.75, 3.05) is 39.5 Å². The molecule has 0 aliphatic carbocycles. The average molecular weight is 314 g/mol. The van der Waals surface area contributed by atoms with Gasteiger partial charge in [0.25, 0.3) is 10.0 Å². The van der Waals surface area contributed by atoms with Crippen molar-refractivity contribution >= 4 is 10.0 Å². The smallest absolute Gasteiger partial charge is 0.262 e. The molecule has 1 aromatic carbocycles. The largest absolute Gasteiger partial charge is 0.379 e. The Balaban J connectivity index is 1.83. The normalized spacial score (nSPS) is 17.0. The molecule has 1 fully saturated rings. The van der Waals surface area contributed by atoms with Crippen LogP contribution in [0.2, 0.25) is 0 Å². The first kappa shape index (κ1) is 16.4. The van der Waals surface area contributed by atoms with Crippen LogP contribution in [0, 0.1) is 13.8 Å². The predicted octanol–water partition coefficient (Wildman–Crippen LogP) is 0.846. The second-order valence-electron chi connectivity index (χ2n) is 5.16. The fourth-order valence-electron chi connectivity index (χ4n) is 2.26. The molecule has 0 saturated carbocycles. The van der Waals surface area contributed by atoms with Crippen LogP contribution in [-0.4, -0.2) is 52.8 Å². The molecule has 0 unspecified atom stereocenters. The lowest BCUT2D eigenvalue weighted by Crippen LogP contribution is -2.39. The molecule has 6 nitrogen and oxygen atoms in total. The average Bonchev–Trinajstić information content (AvgIpc) is 2.44. The minimum Gasteiger partial charge on any atom is -0.379 e. The van der Waals surface area contributed by atoms with E-state index in [0.717, 1.165) is 18.7 Å². The molecule has 0 spiro atoms. The summed E-state index contributed by atoms with van der Waals surface area (Å²) in [6.45, 7) is 7.83. The van der Waals surface area contributed by atoms with Gasteiger partial charge in [0.05, 0.1) is 24.7 Å². The summed E-state index contributed by atoms with van der Waals surface area (Å²) >= 11 is 0. The van der Waals surface area contributed by atoms with Gasteiger partial charge in [0.15, 0.2) is 0 Å². The van der Waals surface area contributed by atoms with Crippen LogP contribution in [0.15, 0.2) is 23.1 Å². The lowest BCUT2D eigenvalue weighted by atomic mass is 10.2. The van der Waals surface area contributed by atoms with Crippen molar-refractivity contribution in [1.29, 1.82) is 0 Å². The molecular weight excluding hydrogens is 292 g/mol. The fraction of sp³-hybridized carbons (Fsp3) is 0.571. The number of aryl methyl sites for hydroxylation is 2. The van der Waals surface area contributed by atoms with Crippen molar-refractivity contribution < 1.29 is 18.0 Å². The van der Waals surface area contributed by atoms with E-state index in [2.05, 4.69) is 9.79 Å². The van der Waals surface area contributed by atoms with Crippen LogP contribution in [0.25, 0.3) is 0 Å². The Bertz CT molecular complexity index is 568. The third-order valence-corrected chi connectivity index (χ3v) is 4.78. The number of nitrogens with one attached hydrogen (secondary N) is 1. The molecule has 1 aliphatic rings. The van der Waals surface area contributed by atoms with Crippen LogP contribution < -0.4 is 4.89 Å². The van der Waals surface area contributed by atoms with Crippen molar-refractivity contribution in [2.24, 2.45) is 0 Å². The Morgan fingerprint density at radius 1 is 1.29 bits per heavy atom. The Hall–Kier alpha value is -0.990. The first-order valence-corrected chi connectivity index (χ1v) is 8.48. The standard InChI is InChI=1S/C14H22N2O4S/c1-12-3-4-14(13(2)11-12)21(17,18)15-20-10-7-16-5-8-19-9-6-16/h3-4,11,15H,5-10H2,1-2H3. The molecule has 2 rings (SSSR count). The molecule has 0 atom stereocenters. The zero-order chi connectivity index (χ0) is 15.3. The van der Waals surface area contributed by atoms with Crippen molar-refractivity contribution in [3.8, 4) is 0 Å². The highest BCUT2D eigenvalue weighted by atomic mass is 32.2. The summed E-state index contributed by atoms with van der Waals surface area (Å²) < 4.78 is 29.5. The summed E-state index contributed by atoms with van der Waals surface area (Å²) in [4.78, 5) is 9.73. The van der Waals surface area contributed by atoms with Gasteiger partial charge in [-0.15, -0.1) is 0 Å². The van der Waals surface area contributed by atoms with Gasteiger partial charge < -0.3 is 4.74 Å². The predicted molar refractivity (Wildman–Crippen MR) is 79.4 cm³/mol. The monoisotopic (exact) mass is 314 g/mol. The van der Waals surface area contributed by atoms with Gasteiger partial charge in [-0.05, 0) is 25.5 Å². The van der Waals surface area contributed by atoms with E-state index in [1.165, 1.54) is 0 Å². The third-order valence-electron chi connectivity index (χ3n) is 3.40. The van der Waals surface area contributed by atoms with Gasteiger partial charge in [-0.1, -0.05) is 22.6 Å². The van der Waals surface area contributed by atoms with Crippen LogP contribution >= 0.6 is 0 Å². The number of sulfonamides is 1. The minimum absolute atomic E-state index is 0.250. The molecule has 7 heteroatoms. The Morgan fingerprint density at radius 3 is 2.67 bits per heavy atom. The minimum atomic E-state index is -3.63. The summed E-state index contributed by atoms with van der Waals surface area (Å²) in [5.74, 6) is 0. The fourth-order valence-corrected chi connectivity index (χ4v) is 3.32. The van der Waals surface area contributed by atoms with Gasteiger partial charge in [-0.3, -0.25) is 9.74 Å². The lowest BCUT2D eigenvalue weighted by molar-refractivity contribution is 0.0125. The maximum Gasteiger partial charge on any atom is 0.262 e. The maximum atomic E-state index is 12.1. The SMILES string of the molecule is Cc1ccc(S(=O)(=O)NOCCN2CCOCC2)c(C)c1. The Kier molecular flexibility index (Phi) is 5.72. The van der Waals surface area contributed by atoms with Crippen LogP contribution in [0.3, 0.4) is 0 Å². The Morgan fingerprint density at radius 2 is 2.00 bits per heavy atom. The van der Waals surface area contributed by atoms with E-state index < -0.39 is 10.0 Å². The lowest BCUT2D eigenvalue weighted by Gasteiger charge is -2.26. The molecule has 1 saturated heterocycles. The van der Waals surface area contributed by atoms with Gasteiger partial charge in [0, 0.05) is 19.6 Å². The van der Waals surface area contributed by atoms with E-state index in [1.54, 1.807) is 19.1 Å². The van der Waals surface area contributed by atoms with Crippen molar-refractivity contribution in [2.45, 2.75) is 18.7 Å². The van der Waals surface area contributed by atoms with Gasteiger partial charge in [-0.25, -0.2) is 8.42 Å². The summed E-state index contributed by atoms with van der Waals surface area (Å²) in [7, 11) is -3.63. The second-order valence-corrected chi connectivity index (χ2v) is 6.77. The highest BCUT2D eigenvalue weighted by molar-refractivity contribution is 7.89. The Labute approximate surface area is 126 Å². The topological polar surface area (TPSA) is 67.9 Å². The molecule has 21 heavy (non-hydrogen) atoms. The molecule has 1 heterocycles. The van der Waals surface area contributed by atoms with E-state index in [0.29, 0.717) is 31.9 Å². The maximum absolute atomic E-state index is 12.1. The molecule has 0 amide bonds. The van der Waals surface area contributed by atoms with Gasteiger partial charge in [-0.2, -0.15) is 0 Å². The number of rotatable bonds is 6. The van der Waals surface area contributed by atoms with Crippen LogP contribution in [0.1, 0.15) is 11.1 Å². The van der Waals surface area contributed by atoms with Crippen molar-refractivity contribution in [3.63, 3.8) is 0 Å². The quantitative estimate of drug-likeness (QED) is 0.623. The van der Waals surface area contributed by atoms with Crippen LogP contribution in [0.4, 0.5) is 0 Å². The van der Waals surface area contributed by atoms with Crippen LogP contribution in [0.5, 0.6) is 0 Å². The van der Waals surface area contributed by atoms with E-state index in [1.807, 2.05) is 13.0 Å². The zero-order valence-electron chi connectivity index (χ0n) is 12.5. The number of nitrogens with zero attached hydrogens (tertiary/aromatic N) is 1. The van der Waals surface area contributed by atoms with E-state index in [9.17, 15) is 8.42 Å². The molecule has 118 valence electrons. The van der Waals surface area contributed by atoms with Crippen molar-refractivity contribution in [3.05, 3.63) is 29.3 Å². The number of hydrogen-bond acceptors (Lipinski definition) is 5. The van der Waals surface area contributed by atoms with E-state index >= 15 is 0 Å². The molecule has 1 aliphatic heterocycles. The molecule has 0 aromatic heterocycles. The number of ether oxygens (including phenoxy) is 1. The van der Waals surface area contributed by atoms with Crippen molar-refractivity contribution in [1.82, 2.24) is 9.79 Å². The summed E-state index contributed by atoms with van der Waals surface area (Å²) in [6, 6.07) is 5.20. The number of morpholine rings is 1. The number of benzene rings is 1. The first-order chi connectivity index (χ1) is 9.99. The third kappa shape index (κ3) is 4.76. The summed E-state index contributed by atoms with van der Waals surface area (Å²) in [5, 5.41) is 0. The van der Waals surface area contributed by atoms with E-state index in [4.69, 9.17) is 9.57 Å². The zero-order valence-corrected chi connectivity index (χ0v) is 13.3. The number of hydrogen-bond donors (Lipinski definition) is 1. The molecule has 1 aromatic rings. The van der Waals surface area contributed by atoms with Crippen LogP contribution in [-0.2, 0) is 19.6 Å². The molecule has 1 N–H and O–H groups in total. The molecular formula is C14H22N2O4S. The van der Waals surface area contributed by atoms with Gasteiger partial charge >= 0.3 is 0 Å². The second kappa shape index (κ2) is 7.33. The van der Waals surface area contributed by atoms with E-state index in [-0.39, 0.29) is 4.90 Å². The highest BCUT2D eigenvalue weighted by Gasteiger charge is 2.17. The van der Waals surface area contributed by atoms with Gasteiger partial charge in [0.2, 0.25) is 0 Å². The molecule has 0 radical (unpaired) electrons. The first-order valence-electron chi connectivity index (χ1n) is 7.00. The van der Waals surface area contributed by atoms with Gasteiger partial charge in [0.1, 0.15) is 0 Å². The summed E-state index contributed by atoms with van der Waals surface area (Å²) in [5.41, 5.74) is 1.74. The molecule has 0 bridgehead atoms. The highest BCUT2D eigenvalue weighted by Crippen LogP contribution is 2.16. The summed E-state index contributed by atoms with van der Waals surface area (Å²) in [6.07, 6.45) is 0.